The van der Waals surface area contributed by atoms with Gasteiger partial charge in [-0.3, -0.25) is 19.3 Å². The summed E-state index contributed by atoms with van der Waals surface area (Å²) in [6, 6.07) is 4.15. The minimum Gasteiger partial charge on any atom is -0.452 e. The maximum atomic E-state index is 12.3. The van der Waals surface area contributed by atoms with Gasteiger partial charge in [-0.15, -0.1) is 6.58 Å². The lowest BCUT2D eigenvalue weighted by Crippen LogP contribution is -2.36. The number of amides is 3. The third kappa shape index (κ3) is 5.06. The molecular formula is C21H26N2O5. The maximum Gasteiger partial charge on any atom is 0.338 e. The van der Waals surface area contributed by atoms with Gasteiger partial charge < -0.3 is 10.1 Å². The van der Waals surface area contributed by atoms with Gasteiger partial charge in [-0.25, -0.2) is 4.79 Å². The zero-order valence-electron chi connectivity index (χ0n) is 16.5. The van der Waals surface area contributed by atoms with Crippen molar-refractivity contribution in [2.24, 2.45) is 5.92 Å². The Kier molecular flexibility index (Phi) is 7.09. The molecule has 0 aliphatic carbocycles. The van der Waals surface area contributed by atoms with Gasteiger partial charge in [-0.1, -0.05) is 19.9 Å². The Morgan fingerprint density at radius 3 is 2.46 bits per heavy atom. The second-order valence-electron chi connectivity index (χ2n) is 7.29. The highest BCUT2D eigenvalue weighted by molar-refractivity contribution is 6.22. The molecule has 2 rings (SSSR count). The van der Waals surface area contributed by atoms with Crippen LogP contribution in [0.25, 0.3) is 0 Å². The molecule has 0 fully saturated rings. The predicted octanol–water partition coefficient (Wildman–Crippen LogP) is 2.57. The molecule has 1 aromatic carbocycles. The van der Waals surface area contributed by atoms with E-state index in [1.165, 1.54) is 24.3 Å². The first-order chi connectivity index (χ1) is 13.2. The number of esters is 1. The van der Waals surface area contributed by atoms with Crippen molar-refractivity contribution in [3.05, 3.63) is 47.5 Å². The van der Waals surface area contributed by atoms with Gasteiger partial charge in [0.2, 0.25) is 0 Å². The number of fused-ring (bicyclic) bond motifs is 1. The van der Waals surface area contributed by atoms with Crippen molar-refractivity contribution in [1.29, 1.82) is 0 Å². The summed E-state index contributed by atoms with van der Waals surface area (Å²) in [5.74, 6) is -1.46. The van der Waals surface area contributed by atoms with Crippen LogP contribution in [0.2, 0.25) is 0 Å². The van der Waals surface area contributed by atoms with E-state index in [1.807, 2.05) is 6.92 Å². The molecule has 7 heteroatoms. The van der Waals surface area contributed by atoms with E-state index in [0.717, 1.165) is 17.7 Å². The standard InChI is InChI=1S/C21H26N2O5/c1-5-10-23-19(25)16-9-8-15(11-17(16)20(23)26)21(27)28-12-18(24)22-14(4)7-6-13(2)3/h5,8-9,11,13-14H,1,6-7,10,12H2,2-4H3,(H,22,24)/t14-/m1/s1. The van der Waals surface area contributed by atoms with Crippen molar-refractivity contribution in [2.75, 3.05) is 13.2 Å². The van der Waals surface area contributed by atoms with Crippen molar-refractivity contribution >= 4 is 23.7 Å². The van der Waals surface area contributed by atoms with Gasteiger partial charge in [0.15, 0.2) is 6.61 Å². The molecule has 0 spiro atoms. The summed E-state index contributed by atoms with van der Waals surface area (Å²) in [7, 11) is 0. The van der Waals surface area contributed by atoms with Gasteiger partial charge in [0.05, 0.1) is 16.7 Å². The van der Waals surface area contributed by atoms with E-state index >= 15 is 0 Å². The first-order valence-electron chi connectivity index (χ1n) is 9.32. The Morgan fingerprint density at radius 2 is 1.82 bits per heavy atom. The summed E-state index contributed by atoms with van der Waals surface area (Å²) in [4.78, 5) is 49.7. The van der Waals surface area contributed by atoms with E-state index in [1.54, 1.807) is 0 Å². The molecule has 0 saturated heterocycles. The first kappa shape index (κ1) is 21.3. The predicted molar refractivity (Wildman–Crippen MR) is 104 cm³/mol. The fraction of sp³-hybridized carbons (Fsp3) is 0.429. The topological polar surface area (TPSA) is 92.8 Å². The number of nitrogens with one attached hydrogen (secondary N) is 1. The Bertz CT molecular complexity index is 800. The summed E-state index contributed by atoms with van der Waals surface area (Å²) in [5.41, 5.74) is 0.495. The molecule has 1 aliphatic rings. The number of nitrogens with zero attached hydrogens (tertiary/aromatic N) is 1. The van der Waals surface area contributed by atoms with Crippen LogP contribution in [0.3, 0.4) is 0 Å². The van der Waals surface area contributed by atoms with Gasteiger partial charge in [-0.2, -0.15) is 0 Å². The number of benzene rings is 1. The van der Waals surface area contributed by atoms with Crippen LogP contribution in [-0.4, -0.2) is 47.8 Å². The van der Waals surface area contributed by atoms with E-state index in [2.05, 4.69) is 25.7 Å². The highest BCUT2D eigenvalue weighted by atomic mass is 16.5. The Labute approximate surface area is 164 Å². The molecule has 1 N–H and O–H groups in total. The molecule has 3 amide bonds. The van der Waals surface area contributed by atoms with Crippen LogP contribution in [-0.2, 0) is 9.53 Å². The van der Waals surface area contributed by atoms with Crippen LogP contribution in [0, 0.1) is 5.92 Å². The van der Waals surface area contributed by atoms with Crippen LogP contribution >= 0.6 is 0 Å². The first-order valence-corrected chi connectivity index (χ1v) is 9.32. The molecule has 7 nitrogen and oxygen atoms in total. The number of rotatable bonds is 9. The van der Waals surface area contributed by atoms with E-state index < -0.39 is 24.4 Å². The zero-order valence-corrected chi connectivity index (χ0v) is 16.5. The SMILES string of the molecule is C=CCN1C(=O)c2ccc(C(=O)OCC(=O)N[C@H](C)CCC(C)C)cc2C1=O. The second-order valence-corrected chi connectivity index (χ2v) is 7.29. The Morgan fingerprint density at radius 1 is 1.14 bits per heavy atom. The molecule has 150 valence electrons. The zero-order chi connectivity index (χ0) is 20.8. The van der Waals surface area contributed by atoms with Gasteiger partial charge in [0.1, 0.15) is 0 Å². The third-order valence-electron chi connectivity index (χ3n) is 4.44. The quantitative estimate of drug-likeness (QED) is 0.400. The minimum atomic E-state index is -0.727. The molecule has 1 aliphatic heterocycles. The number of hydrogen-bond acceptors (Lipinski definition) is 5. The fourth-order valence-electron chi connectivity index (χ4n) is 2.90. The van der Waals surface area contributed by atoms with E-state index in [4.69, 9.17) is 4.74 Å². The lowest BCUT2D eigenvalue weighted by atomic mass is 10.0. The number of imide groups is 1. The van der Waals surface area contributed by atoms with Crippen LogP contribution in [0.15, 0.2) is 30.9 Å². The number of carbonyl (C=O) groups excluding carboxylic acids is 4. The van der Waals surface area contributed by atoms with Crippen molar-refractivity contribution in [1.82, 2.24) is 10.2 Å². The molecule has 0 bridgehead atoms. The van der Waals surface area contributed by atoms with Gasteiger partial charge in [-0.05, 0) is 43.9 Å². The lowest BCUT2D eigenvalue weighted by Gasteiger charge is -2.15. The Hall–Kier alpha value is -2.96. The monoisotopic (exact) mass is 386 g/mol. The van der Waals surface area contributed by atoms with E-state index in [0.29, 0.717) is 5.92 Å². The van der Waals surface area contributed by atoms with E-state index in [9.17, 15) is 19.2 Å². The number of ether oxygens (including phenoxy) is 1. The number of carbonyl (C=O) groups is 4. The molecule has 0 radical (unpaired) electrons. The van der Waals surface area contributed by atoms with Crippen molar-refractivity contribution in [3.63, 3.8) is 0 Å². The molecular weight excluding hydrogens is 360 g/mol. The van der Waals surface area contributed by atoms with E-state index in [-0.39, 0.29) is 35.2 Å². The summed E-state index contributed by atoms with van der Waals surface area (Å²) < 4.78 is 5.04. The summed E-state index contributed by atoms with van der Waals surface area (Å²) in [5, 5.41) is 2.79. The van der Waals surface area contributed by atoms with Crippen LogP contribution in [0.5, 0.6) is 0 Å². The highest BCUT2D eigenvalue weighted by Crippen LogP contribution is 2.24. The van der Waals surface area contributed by atoms with Gasteiger partial charge >= 0.3 is 5.97 Å². The maximum absolute atomic E-state index is 12.3. The van der Waals surface area contributed by atoms with Crippen molar-refractivity contribution in [2.45, 2.75) is 39.7 Å². The highest BCUT2D eigenvalue weighted by Gasteiger charge is 2.35. The van der Waals surface area contributed by atoms with Crippen molar-refractivity contribution in [3.8, 4) is 0 Å². The molecule has 0 saturated carbocycles. The van der Waals surface area contributed by atoms with Gasteiger partial charge in [0, 0.05) is 12.6 Å². The minimum absolute atomic E-state index is 0.00641. The van der Waals surface area contributed by atoms with Crippen LogP contribution in [0.4, 0.5) is 0 Å². The average Bonchev–Trinajstić information content (AvgIpc) is 2.89. The molecule has 0 aromatic heterocycles. The summed E-state index contributed by atoms with van der Waals surface area (Å²) in [6.07, 6.45) is 3.29. The summed E-state index contributed by atoms with van der Waals surface area (Å²) >= 11 is 0. The van der Waals surface area contributed by atoms with Crippen LogP contribution < -0.4 is 5.32 Å². The fourth-order valence-corrected chi connectivity index (χ4v) is 2.90. The van der Waals surface area contributed by atoms with Crippen molar-refractivity contribution < 1.29 is 23.9 Å². The van der Waals surface area contributed by atoms with Crippen LogP contribution in [0.1, 0.15) is 64.7 Å². The molecule has 1 atom stereocenters. The largest absolute Gasteiger partial charge is 0.452 e. The van der Waals surface area contributed by atoms with Gasteiger partial charge in [0.25, 0.3) is 17.7 Å². The normalized spacial score (nSPS) is 14.1. The molecule has 1 aromatic rings. The number of hydrogen-bond donors (Lipinski definition) is 1. The average molecular weight is 386 g/mol. The lowest BCUT2D eigenvalue weighted by molar-refractivity contribution is -0.124. The molecule has 0 unspecified atom stereocenters. The molecule has 28 heavy (non-hydrogen) atoms. The Balaban J connectivity index is 1.94. The second kappa shape index (κ2) is 9.30. The molecule has 1 heterocycles. The third-order valence-corrected chi connectivity index (χ3v) is 4.44. The smallest absolute Gasteiger partial charge is 0.338 e. The summed E-state index contributed by atoms with van der Waals surface area (Å²) in [6.45, 7) is 9.35.